The third kappa shape index (κ3) is 3.67. The third-order valence-electron chi connectivity index (χ3n) is 5.00. The summed E-state index contributed by atoms with van der Waals surface area (Å²) in [7, 11) is 0. The third-order valence-corrected chi connectivity index (χ3v) is 5.45. The minimum atomic E-state index is -1.20. The molecule has 0 saturated heterocycles. The minimum Gasteiger partial charge on any atom is -0.352 e. The number of alkyl halides is 2. The van der Waals surface area contributed by atoms with E-state index in [2.05, 4.69) is 5.32 Å². The summed E-state index contributed by atoms with van der Waals surface area (Å²) in [5.41, 5.74) is -0.335. The van der Waals surface area contributed by atoms with Crippen LogP contribution in [0.4, 0.5) is 4.39 Å². The lowest BCUT2D eigenvalue weighted by Crippen LogP contribution is -2.51. The standard InChI is InChI=1S/C16H23ClFNO3/c1-3-16(2)7-12(20)14(13(21)8-16)15(22)19-9-4-5-11(18)10(17)6-9/h9-11,14H,3-8H2,1-2H3,(H,19,22). The first-order chi connectivity index (χ1) is 10.3. The highest BCUT2D eigenvalue weighted by atomic mass is 35.5. The Labute approximate surface area is 135 Å². The fraction of sp³-hybridized carbons (Fsp3) is 0.812. The Morgan fingerprint density at radius 3 is 2.41 bits per heavy atom. The Bertz CT molecular complexity index is 464. The van der Waals surface area contributed by atoms with Crippen molar-refractivity contribution in [1.29, 1.82) is 0 Å². The molecule has 0 aromatic heterocycles. The van der Waals surface area contributed by atoms with Gasteiger partial charge in [-0.2, -0.15) is 0 Å². The Morgan fingerprint density at radius 2 is 1.91 bits per heavy atom. The highest BCUT2D eigenvalue weighted by Crippen LogP contribution is 2.37. The van der Waals surface area contributed by atoms with Crippen molar-refractivity contribution in [3.05, 3.63) is 0 Å². The summed E-state index contributed by atoms with van der Waals surface area (Å²) in [6.07, 6.45) is 1.28. The summed E-state index contributed by atoms with van der Waals surface area (Å²) in [4.78, 5) is 36.7. The van der Waals surface area contributed by atoms with Gasteiger partial charge in [-0.05, 0) is 31.1 Å². The second-order valence-electron chi connectivity index (χ2n) is 6.93. The van der Waals surface area contributed by atoms with Gasteiger partial charge in [0, 0.05) is 18.9 Å². The second kappa shape index (κ2) is 6.65. The molecule has 2 rings (SSSR count). The van der Waals surface area contributed by atoms with Crippen LogP contribution < -0.4 is 5.32 Å². The van der Waals surface area contributed by atoms with Crippen LogP contribution in [0.15, 0.2) is 0 Å². The lowest BCUT2D eigenvalue weighted by molar-refractivity contribution is -0.146. The first-order valence-electron chi connectivity index (χ1n) is 7.89. The first-order valence-corrected chi connectivity index (χ1v) is 8.33. The van der Waals surface area contributed by atoms with E-state index >= 15 is 0 Å². The second-order valence-corrected chi connectivity index (χ2v) is 7.49. The fourth-order valence-electron chi connectivity index (χ4n) is 3.32. The summed E-state index contributed by atoms with van der Waals surface area (Å²) >= 11 is 5.88. The van der Waals surface area contributed by atoms with Crippen molar-refractivity contribution >= 4 is 29.1 Å². The monoisotopic (exact) mass is 331 g/mol. The zero-order valence-corrected chi connectivity index (χ0v) is 13.8. The Morgan fingerprint density at radius 1 is 1.32 bits per heavy atom. The smallest absolute Gasteiger partial charge is 0.238 e. The maximum absolute atomic E-state index is 13.3. The van der Waals surface area contributed by atoms with Crippen LogP contribution in [-0.2, 0) is 14.4 Å². The van der Waals surface area contributed by atoms with Gasteiger partial charge in [0.15, 0.2) is 17.5 Å². The minimum absolute atomic E-state index is 0.253. The molecule has 0 spiro atoms. The zero-order chi connectivity index (χ0) is 16.5. The van der Waals surface area contributed by atoms with E-state index in [1.165, 1.54) is 0 Å². The highest BCUT2D eigenvalue weighted by molar-refractivity contribution is 6.21. The van der Waals surface area contributed by atoms with Gasteiger partial charge in [0.2, 0.25) is 5.91 Å². The van der Waals surface area contributed by atoms with Gasteiger partial charge in [-0.1, -0.05) is 13.8 Å². The van der Waals surface area contributed by atoms with Gasteiger partial charge >= 0.3 is 0 Å². The molecule has 2 fully saturated rings. The average molecular weight is 332 g/mol. The molecule has 1 amide bonds. The summed E-state index contributed by atoms with van der Waals surface area (Å²) in [6, 6.07) is -0.262. The van der Waals surface area contributed by atoms with E-state index in [1.54, 1.807) is 0 Å². The van der Waals surface area contributed by atoms with Crippen molar-refractivity contribution in [2.45, 2.75) is 70.0 Å². The van der Waals surface area contributed by atoms with Crippen molar-refractivity contribution in [3.8, 4) is 0 Å². The molecule has 2 aliphatic carbocycles. The van der Waals surface area contributed by atoms with Crippen LogP contribution in [0.5, 0.6) is 0 Å². The molecule has 4 nitrogen and oxygen atoms in total. The normalized spacial score (nSPS) is 39.6. The van der Waals surface area contributed by atoms with Crippen molar-refractivity contribution in [3.63, 3.8) is 0 Å². The largest absolute Gasteiger partial charge is 0.352 e. The first kappa shape index (κ1) is 17.4. The molecular formula is C16H23ClFNO3. The number of halogens is 2. The topological polar surface area (TPSA) is 63.2 Å². The zero-order valence-electron chi connectivity index (χ0n) is 13.0. The van der Waals surface area contributed by atoms with Crippen molar-refractivity contribution < 1.29 is 18.8 Å². The molecule has 0 heterocycles. The van der Waals surface area contributed by atoms with Crippen LogP contribution in [0.3, 0.4) is 0 Å². The van der Waals surface area contributed by atoms with Gasteiger partial charge < -0.3 is 5.32 Å². The lowest BCUT2D eigenvalue weighted by atomic mass is 9.68. The molecule has 0 radical (unpaired) electrons. The molecule has 0 aliphatic heterocycles. The molecule has 6 heteroatoms. The van der Waals surface area contributed by atoms with Gasteiger partial charge in [0.05, 0.1) is 5.38 Å². The van der Waals surface area contributed by atoms with Gasteiger partial charge in [-0.25, -0.2) is 4.39 Å². The van der Waals surface area contributed by atoms with Gasteiger partial charge in [0.25, 0.3) is 0 Å². The predicted octanol–water partition coefficient (Wildman–Crippen LogP) is 2.57. The molecular weight excluding hydrogens is 309 g/mol. The summed E-state index contributed by atoms with van der Waals surface area (Å²) in [5, 5.41) is 2.09. The van der Waals surface area contributed by atoms with E-state index in [9.17, 15) is 18.8 Å². The van der Waals surface area contributed by atoms with Crippen LogP contribution >= 0.6 is 11.6 Å². The number of carbonyl (C=O) groups excluding carboxylic acids is 3. The molecule has 0 bridgehead atoms. The number of amides is 1. The van der Waals surface area contributed by atoms with Crippen molar-refractivity contribution in [2.24, 2.45) is 11.3 Å². The molecule has 3 atom stereocenters. The van der Waals surface area contributed by atoms with E-state index in [4.69, 9.17) is 11.6 Å². The number of hydrogen-bond donors (Lipinski definition) is 1. The van der Waals surface area contributed by atoms with Crippen molar-refractivity contribution in [2.75, 3.05) is 0 Å². The van der Waals surface area contributed by atoms with E-state index in [0.29, 0.717) is 19.3 Å². The van der Waals surface area contributed by atoms with E-state index in [1.807, 2.05) is 13.8 Å². The SMILES string of the molecule is CCC1(C)CC(=O)C(C(=O)NC2CCC(F)C(Cl)C2)C(=O)C1. The Balaban J connectivity index is 1.98. The van der Waals surface area contributed by atoms with Crippen LogP contribution in [0.25, 0.3) is 0 Å². The van der Waals surface area contributed by atoms with Crippen LogP contribution in [-0.4, -0.2) is 35.1 Å². The van der Waals surface area contributed by atoms with Gasteiger partial charge in [-0.3, -0.25) is 14.4 Å². The molecule has 2 saturated carbocycles. The number of ketones is 2. The number of rotatable bonds is 3. The predicted molar refractivity (Wildman–Crippen MR) is 81.5 cm³/mol. The molecule has 0 aromatic carbocycles. The maximum Gasteiger partial charge on any atom is 0.238 e. The summed E-state index contributed by atoms with van der Waals surface area (Å²) in [5.74, 6) is -2.35. The molecule has 3 unspecified atom stereocenters. The number of Topliss-reactive ketones (excluding diaryl/α,β-unsaturated/α-hetero) is 2. The lowest BCUT2D eigenvalue weighted by Gasteiger charge is -2.35. The van der Waals surface area contributed by atoms with Crippen LogP contribution in [0.1, 0.15) is 52.4 Å². The Hall–Kier alpha value is -0.970. The van der Waals surface area contributed by atoms with Gasteiger partial charge in [0.1, 0.15) is 6.17 Å². The number of hydrogen-bond acceptors (Lipinski definition) is 3. The maximum atomic E-state index is 13.3. The molecule has 124 valence electrons. The summed E-state index contributed by atoms with van der Waals surface area (Å²) in [6.45, 7) is 3.84. The summed E-state index contributed by atoms with van der Waals surface area (Å²) < 4.78 is 13.3. The average Bonchev–Trinajstić information content (AvgIpc) is 2.42. The molecule has 2 aliphatic rings. The van der Waals surface area contributed by atoms with Crippen LogP contribution in [0, 0.1) is 11.3 Å². The number of carbonyl (C=O) groups is 3. The van der Waals surface area contributed by atoms with E-state index < -0.39 is 23.4 Å². The molecule has 0 aromatic rings. The Kier molecular flexibility index (Phi) is 5.25. The van der Waals surface area contributed by atoms with E-state index in [-0.39, 0.29) is 35.9 Å². The molecule has 22 heavy (non-hydrogen) atoms. The quantitative estimate of drug-likeness (QED) is 0.638. The van der Waals surface area contributed by atoms with Crippen molar-refractivity contribution in [1.82, 2.24) is 5.32 Å². The molecule has 1 N–H and O–H groups in total. The number of nitrogens with one attached hydrogen (secondary N) is 1. The highest BCUT2D eigenvalue weighted by Gasteiger charge is 2.45. The van der Waals surface area contributed by atoms with Gasteiger partial charge in [-0.15, -0.1) is 11.6 Å². The van der Waals surface area contributed by atoms with E-state index in [0.717, 1.165) is 6.42 Å². The van der Waals surface area contributed by atoms with Crippen LogP contribution in [0.2, 0.25) is 0 Å². The fourth-order valence-corrected chi connectivity index (χ4v) is 3.67.